The zero-order valence-corrected chi connectivity index (χ0v) is 13.2. The molecule has 0 amide bonds. The molecular weight excluding hydrogens is 278 g/mol. The molecule has 5 heteroatoms. The van der Waals surface area contributed by atoms with E-state index in [0.717, 1.165) is 35.8 Å². The van der Waals surface area contributed by atoms with Gasteiger partial charge in [-0.3, -0.25) is 4.68 Å². The van der Waals surface area contributed by atoms with Gasteiger partial charge in [0.2, 0.25) is 0 Å². The summed E-state index contributed by atoms with van der Waals surface area (Å²) >= 11 is 8.23. The zero-order chi connectivity index (χ0) is 13.8. The molecule has 1 atom stereocenters. The first-order valence-electron chi connectivity index (χ1n) is 6.65. The highest BCUT2D eigenvalue weighted by Gasteiger charge is 2.19. The Bertz CT molecular complexity index is 519. The summed E-state index contributed by atoms with van der Waals surface area (Å²) in [5.41, 5.74) is 2.13. The molecule has 0 aliphatic heterocycles. The predicted molar refractivity (Wildman–Crippen MR) is 82.1 cm³/mol. The van der Waals surface area contributed by atoms with Crippen molar-refractivity contribution in [1.82, 2.24) is 15.1 Å². The Morgan fingerprint density at radius 3 is 2.79 bits per heavy atom. The normalized spacial score (nSPS) is 12.8. The third-order valence-corrected chi connectivity index (χ3v) is 4.75. The van der Waals surface area contributed by atoms with Crippen LogP contribution in [0.25, 0.3) is 0 Å². The molecule has 0 bridgehead atoms. The molecule has 0 saturated carbocycles. The van der Waals surface area contributed by atoms with Gasteiger partial charge in [0, 0.05) is 23.9 Å². The molecule has 0 fully saturated rings. The number of nitrogens with zero attached hydrogens (tertiary/aromatic N) is 2. The topological polar surface area (TPSA) is 29.9 Å². The summed E-state index contributed by atoms with van der Waals surface area (Å²) in [5, 5.41) is 10.9. The maximum Gasteiger partial charge on any atom is 0.0850 e. The van der Waals surface area contributed by atoms with E-state index in [4.69, 9.17) is 11.6 Å². The molecule has 0 aliphatic carbocycles. The van der Waals surface area contributed by atoms with E-state index in [0.29, 0.717) is 6.04 Å². The summed E-state index contributed by atoms with van der Waals surface area (Å²) in [6.45, 7) is 5.05. The molecule has 2 rings (SSSR count). The third kappa shape index (κ3) is 3.02. The number of halogens is 1. The first-order valence-corrected chi connectivity index (χ1v) is 7.91. The summed E-state index contributed by atoms with van der Waals surface area (Å²) in [6.07, 6.45) is 1.75. The second-order valence-electron chi connectivity index (χ2n) is 4.44. The number of thiophene rings is 1. The lowest BCUT2D eigenvalue weighted by molar-refractivity contribution is 0.546. The second kappa shape index (κ2) is 6.55. The monoisotopic (exact) mass is 297 g/mol. The van der Waals surface area contributed by atoms with Crippen molar-refractivity contribution in [2.45, 2.75) is 39.3 Å². The first-order chi connectivity index (χ1) is 9.21. The number of nitrogens with one attached hydrogen (secondary N) is 1. The SMILES string of the molecule is CCc1nn(CC)c(CC(NC)c2cccs2)c1Cl. The van der Waals surface area contributed by atoms with Gasteiger partial charge in [-0.1, -0.05) is 24.6 Å². The van der Waals surface area contributed by atoms with Crippen molar-refractivity contribution in [3.63, 3.8) is 0 Å². The van der Waals surface area contributed by atoms with Crippen LogP contribution in [0.4, 0.5) is 0 Å². The number of aromatic nitrogens is 2. The summed E-state index contributed by atoms with van der Waals surface area (Å²) < 4.78 is 2.03. The lowest BCUT2D eigenvalue weighted by atomic mass is 10.1. The number of rotatable bonds is 6. The van der Waals surface area contributed by atoms with Crippen LogP contribution in [0.5, 0.6) is 0 Å². The van der Waals surface area contributed by atoms with Gasteiger partial charge in [0.15, 0.2) is 0 Å². The average Bonchev–Trinajstić information content (AvgIpc) is 3.04. The molecule has 0 radical (unpaired) electrons. The number of likely N-dealkylation sites (N-methyl/N-ethyl adjacent to an activating group) is 1. The third-order valence-electron chi connectivity index (χ3n) is 3.33. The highest BCUT2D eigenvalue weighted by molar-refractivity contribution is 7.10. The summed E-state index contributed by atoms with van der Waals surface area (Å²) in [6, 6.07) is 4.54. The molecule has 0 saturated heterocycles. The van der Waals surface area contributed by atoms with Crippen molar-refractivity contribution in [2.75, 3.05) is 7.05 Å². The molecule has 0 aliphatic rings. The van der Waals surface area contributed by atoms with Crippen molar-refractivity contribution in [3.05, 3.63) is 38.8 Å². The molecule has 104 valence electrons. The van der Waals surface area contributed by atoms with E-state index in [9.17, 15) is 0 Å². The smallest absolute Gasteiger partial charge is 0.0850 e. The average molecular weight is 298 g/mol. The van der Waals surface area contributed by atoms with Crippen LogP contribution in [0.2, 0.25) is 5.02 Å². The van der Waals surface area contributed by atoms with Gasteiger partial charge in [0.25, 0.3) is 0 Å². The van der Waals surface area contributed by atoms with Crippen LogP contribution >= 0.6 is 22.9 Å². The summed E-state index contributed by atoms with van der Waals surface area (Å²) in [4.78, 5) is 1.33. The van der Waals surface area contributed by atoms with Crippen molar-refractivity contribution < 1.29 is 0 Å². The van der Waals surface area contributed by atoms with E-state index in [-0.39, 0.29) is 0 Å². The molecule has 3 nitrogen and oxygen atoms in total. The Kier molecular flexibility index (Phi) is 5.02. The van der Waals surface area contributed by atoms with Crippen molar-refractivity contribution in [1.29, 1.82) is 0 Å². The van der Waals surface area contributed by atoms with Crippen molar-refractivity contribution >= 4 is 22.9 Å². The Balaban J connectivity index is 2.29. The van der Waals surface area contributed by atoms with E-state index < -0.39 is 0 Å². The van der Waals surface area contributed by atoms with Gasteiger partial charge in [-0.05, 0) is 31.8 Å². The second-order valence-corrected chi connectivity index (χ2v) is 5.79. The molecule has 2 aromatic rings. The van der Waals surface area contributed by atoms with Gasteiger partial charge in [-0.15, -0.1) is 11.3 Å². The summed E-state index contributed by atoms with van der Waals surface area (Å²) in [5.74, 6) is 0. The Morgan fingerprint density at radius 2 is 2.26 bits per heavy atom. The van der Waals surface area contributed by atoms with E-state index in [2.05, 4.69) is 41.8 Å². The van der Waals surface area contributed by atoms with Crippen LogP contribution in [-0.4, -0.2) is 16.8 Å². The van der Waals surface area contributed by atoms with Crippen LogP contribution in [0.1, 0.15) is 36.2 Å². The quantitative estimate of drug-likeness (QED) is 0.881. The van der Waals surface area contributed by atoms with Crippen molar-refractivity contribution in [3.8, 4) is 0 Å². The van der Waals surface area contributed by atoms with Crippen LogP contribution in [0.3, 0.4) is 0 Å². The minimum Gasteiger partial charge on any atom is -0.312 e. The fourth-order valence-corrected chi connectivity index (χ4v) is 3.42. The van der Waals surface area contributed by atoms with Gasteiger partial charge >= 0.3 is 0 Å². The van der Waals surface area contributed by atoms with E-state index >= 15 is 0 Å². The maximum absolute atomic E-state index is 6.46. The van der Waals surface area contributed by atoms with E-state index in [1.165, 1.54) is 4.88 Å². The number of hydrogen-bond donors (Lipinski definition) is 1. The minimum absolute atomic E-state index is 0.296. The molecule has 19 heavy (non-hydrogen) atoms. The van der Waals surface area contributed by atoms with Gasteiger partial charge in [-0.2, -0.15) is 5.10 Å². The molecule has 0 spiro atoms. The lowest BCUT2D eigenvalue weighted by Crippen LogP contribution is -2.19. The Hall–Kier alpha value is -0.840. The van der Waals surface area contributed by atoms with Crippen LogP contribution < -0.4 is 5.32 Å². The number of aryl methyl sites for hydroxylation is 2. The molecular formula is C14H20ClN3S. The van der Waals surface area contributed by atoms with Gasteiger partial charge in [0.1, 0.15) is 0 Å². The molecule has 1 N–H and O–H groups in total. The maximum atomic E-state index is 6.46. The Morgan fingerprint density at radius 1 is 1.47 bits per heavy atom. The molecule has 0 aromatic carbocycles. The van der Waals surface area contributed by atoms with Crippen LogP contribution in [0.15, 0.2) is 17.5 Å². The molecule has 2 aromatic heterocycles. The van der Waals surface area contributed by atoms with E-state index in [1.54, 1.807) is 11.3 Å². The van der Waals surface area contributed by atoms with Crippen LogP contribution in [0, 0.1) is 0 Å². The highest BCUT2D eigenvalue weighted by atomic mass is 35.5. The van der Waals surface area contributed by atoms with E-state index in [1.807, 2.05) is 11.7 Å². The minimum atomic E-state index is 0.296. The van der Waals surface area contributed by atoms with Gasteiger partial charge in [0.05, 0.1) is 16.4 Å². The summed E-state index contributed by atoms with van der Waals surface area (Å²) in [7, 11) is 1.99. The van der Waals surface area contributed by atoms with Gasteiger partial charge < -0.3 is 5.32 Å². The molecule has 1 unspecified atom stereocenters. The first kappa shape index (κ1) is 14.6. The fraction of sp³-hybridized carbons (Fsp3) is 0.500. The van der Waals surface area contributed by atoms with Gasteiger partial charge in [-0.25, -0.2) is 0 Å². The van der Waals surface area contributed by atoms with Crippen molar-refractivity contribution in [2.24, 2.45) is 0 Å². The molecule has 2 heterocycles. The largest absolute Gasteiger partial charge is 0.312 e. The van der Waals surface area contributed by atoms with Crippen LogP contribution in [-0.2, 0) is 19.4 Å². The number of hydrogen-bond acceptors (Lipinski definition) is 3. The lowest BCUT2D eigenvalue weighted by Gasteiger charge is -2.15. The highest BCUT2D eigenvalue weighted by Crippen LogP contribution is 2.28. The zero-order valence-electron chi connectivity index (χ0n) is 11.6. The predicted octanol–water partition coefficient (Wildman–Crippen LogP) is 3.68. The standard InChI is InChI=1S/C14H20ClN3S/c1-4-10-14(15)12(18(5-2)17-10)9-11(16-3)13-7-6-8-19-13/h6-8,11,16H,4-5,9H2,1-3H3. The fourth-order valence-electron chi connectivity index (χ4n) is 2.24. The Labute approximate surface area is 123 Å².